The van der Waals surface area contributed by atoms with Gasteiger partial charge in [0.15, 0.2) is 0 Å². The normalized spacial score (nSPS) is 22.5. The van der Waals surface area contributed by atoms with E-state index in [1.165, 1.54) is 4.90 Å². The molecule has 1 aromatic rings. The van der Waals surface area contributed by atoms with Crippen molar-refractivity contribution < 1.29 is 14.4 Å². The smallest absolute Gasteiger partial charge is 0.242 e. The van der Waals surface area contributed by atoms with Crippen molar-refractivity contribution in [2.75, 3.05) is 13.6 Å². The Morgan fingerprint density at radius 3 is 2.48 bits per heavy atom. The number of hydrogen-bond acceptors (Lipinski definition) is 4. The Balaban J connectivity index is 1.64. The summed E-state index contributed by atoms with van der Waals surface area (Å²) in [6.45, 7) is 0.135. The van der Waals surface area contributed by atoms with E-state index in [0.29, 0.717) is 12.1 Å². The predicted octanol–water partition coefficient (Wildman–Crippen LogP) is 1.69. The minimum absolute atomic E-state index is 0.192. The highest BCUT2D eigenvalue weighted by atomic mass is 16.2. The monoisotopic (exact) mass is 339 g/mol. The number of nitrogens with zero attached hydrogens (tertiary/aromatic N) is 3. The lowest BCUT2D eigenvalue weighted by Crippen LogP contribution is -2.41. The molecule has 3 amide bonds. The van der Waals surface area contributed by atoms with E-state index < -0.39 is 0 Å². The van der Waals surface area contributed by atoms with E-state index in [1.54, 1.807) is 25.2 Å². The van der Waals surface area contributed by atoms with Gasteiger partial charge in [-0.3, -0.25) is 19.3 Å². The highest BCUT2D eigenvalue weighted by Gasteiger charge is 2.48. The highest BCUT2D eigenvalue weighted by Crippen LogP contribution is 2.37. The van der Waals surface area contributed by atoms with Crippen molar-refractivity contribution in [3.8, 4) is 6.07 Å². The van der Waals surface area contributed by atoms with Gasteiger partial charge in [-0.2, -0.15) is 5.26 Å². The van der Waals surface area contributed by atoms with Gasteiger partial charge in [0.2, 0.25) is 17.7 Å². The first-order valence-electron chi connectivity index (χ1n) is 8.59. The van der Waals surface area contributed by atoms with Gasteiger partial charge < -0.3 is 4.90 Å². The molecule has 1 aliphatic carbocycles. The van der Waals surface area contributed by atoms with Crippen molar-refractivity contribution in [2.45, 2.75) is 32.2 Å². The largest absolute Gasteiger partial charge is 0.340 e. The van der Waals surface area contributed by atoms with Gasteiger partial charge in [-0.25, -0.2) is 0 Å². The molecule has 130 valence electrons. The van der Waals surface area contributed by atoms with E-state index in [9.17, 15) is 14.4 Å². The van der Waals surface area contributed by atoms with Gasteiger partial charge in [0, 0.05) is 13.6 Å². The van der Waals surface area contributed by atoms with E-state index in [1.807, 2.05) is 6.07 Å². The fourth-order valence-electron chi connectivity index (χ4n) is 3.74. The number of imide groups is 1. The first kappa shape index (κ1) is 17.2. The third-order valence-corrected chi connectivity index (χ3v) is 5.13. The summed E-state index contributed by atoms with van der Waals surface area (Å²) < 4.78 is 0. The van der Waals surface area contributed by atoms with Gasteiger partial charge in [-0.1, -0.05) is 25.0 Å². The molecule has 6 heteroatoms. The number of hydrogen-bond donors (Lipinski definition) is 0. The SMILES string of the molecule is CN(Cc1cccc(C#N)c1)C(=O)CN1C(=O)[C@@H]2CCCC[C@H]2C1=O. The fraction of sp³-hybridized carbons (Fsp3) is 0.474. The zero-order chi connectivity index (χ0) is 18.0. The summed E-state index contributed by atoms with van der Waals surface area (Å²) in [6.07, 6.45) is 3.43. The van der Waals surface area contributed by atoms with Crippen molar-refractivity contribution >= 4 is 17.7 Å². The van der Waals surface area contributed by atoms with Crippen LogP contribution in [0, 0.1) is 23.2 Å². The van der Waals surface area contributed by atoms with Gasteiger partial charge in [0.1, 0.15) is 6.54 Å². The minimum atomic E-state index is -0.275. The molecule has 2 fully saturated rings. The Morgan fingerprint density at radius 2 is 1.88 bits per heavy atom. The number of fused-ring (bicyclic) bond motifs is 1. The summed E-state index contributed by atoms with van der Waals surface area (Å²) in [6, 6.07) is 9.10. The van der Waals surface area contributed by atoms with E-state index in [4.69, 9.17) is 5.26 Å². The van der Waals surface area contributed by atoms with Crippen LogP contribution in [-0.2, 0) is 20.9 Å². The van der Waals surface area contributed by atoms with Crippen LogP contribution in [0.3, 0.4) is 0 Å². The molecule has 2 aliphatic rings. The number of amides is 3. The van der Waals surface area contributed by atoms with Crippen LogP contribution in [0.2, 0.25) is 0 Å². The summed E-state index contributed by atoms with van der Waals surface area (Å²) >= 11 is 0. The Morgan fingerprint density at radius 1 is 1.24 bits per heavy atom. The standard InChI is InChI=1S/C19H21N3O3/c1-21(11-14-6-4-5-13(9-14)10-20)17(23)12-22-18(24)15-7-2-3-8-16(15)19(22)25/h4-6,9,15-16H,2-3,7-8,11-12H2,1H3/t15-,16-/m1/s1. The first-order chi connectivity index (χ1) is 12.0. The predicted molar refractivity (Wildman–Crippen MR) is 89.8 cm³/mol. The number of likely N-dealkylation sites (tertiary alicyclic amines) is 1. The number of benzene rings is 1. The molecule has 0 N–H and O–H groups in total. The summed E-state index contributed by atoms with van der Waals surface area (Å²) in [4.78, 5) is 40.0. The molecule has 0 bridgehead atoms. The molecular weight excluding hydrogens is 318 g/mol. The van der Waals surface area contributed by atoms with Gasteiger partial charge in [0.25, 0.3) is 0 Å². The zero-order valence-corrected chi connectivity index (χ0v) is 14.3. The molecule has 0 aromatic heterocycles. The van der Waals surface area contributed by atoms with Gasteiger partial charge >= 0.3 is 0 Å². The topological polar surface area (TPSA) is 81.5 Å². The van der Waals surface area contributed by atoms with E-state index >= 15 is 0 Å². The number of nitriles is 1. The molecular formula is C19H21N3O3. The van der Waals surface area contributed by atoms with Crippen molar-refractivity contribution in [2.24, 2.45) is 11.8 Å². The molecule has 2 atom stereocenters. The molecule has 1 heterocycles. The summed E-state index contributed by atoms with van der Waals surface area (Å²) in [5.74, 6) is -1.12. The van der Waals surface area contributed by atoms with Crippen molar-refractivity contribution in [3.05, 3.63) is 35.4 Å². The molecule has 1 saturated heterocycles. The summed E-state index contributed by atoms with van der Waals surface area (Å²) in [7, 11) is 1.64. The van der Waals surface area contributed by atoms with E-state index in [2.05, 4.69) is 6.07 Å². The van der Waals surface area contributed by atoms with Crippen LogP contribution in [-0.4, -0.2) is 41.1 Å². The van der Waals surface area contributed by atoms with Crippen molar-refractivity contribution in [3.63, 3.8) is 0 Å². The lowest BCUT2D eigenvalue weighted by molar-refractivity contribution is -0.146. The third kappa shape index (κ3) is 3.41. The molecule has 0 unspecified atom stereocenters. The number of likely N-dealkylation sites (N-methyl/N-ethyl adjacent to an activating group) is 1. The van der Waals surface area contributed by atoms with Crippen LogP contribution >= 0.6 is 0 Å². The Hall–Kier alpha value is -2.68. The zero-order valence-electron chi connectivity index (χ0n) is 14.3. The highest BCUT2D eigenvalue weighted by molar-refractivity contribution is 6.07. The van der Waals surface area contributed by atoms with E-state index in [0.717, 1.165) is 36.1 Å². The van der Waals surface area contributed by atoms with Gasteiger partial charge in [-0.05, 0) is 30.5 Å². The Bertz CT molecular complexity index is 729. The Kier molecular flexibility index (Phi) is 4.84. The maximum absolute atomic E-state index is 12.5. The van der Waals surface area contributed by atoms with Crippen LogP contribution in [0.15, 0.2) is 24.3 Å². The van der Waals surface area contributed by atoms with Gasteiger partial charge in [0.05, 0.1) is 23.5 Å². The minimum Gasteiger partial charge on any atom is -0.340 e. The molecule has 0 radical (unpaired) electrons. The molecule has 1 saturated carbocycles. The maximum atomic E-state index is 12.5. The average Bonchev–Trinajstić information content (AvgIpc) is 2.87. The number of carbonyl (C=O) groups is 3. The average molecular weight is 339 g/mol. The molecule has 6 nitrogen and oxygen atoms in total. The van der Waals surface area contributed by atoms with E-state index in [-0.39, 0.29) is 36.1 Å². The lowest BCUT2D eigenvalue weighted by Gasteiger charge is -2.21. The third-order valence-electron chi connectivity index (χ3n) is 5.13. The lowest BCUT2D eigenvalue weighted by atomic mass is 9.81. The number of rotatable bonds is 4. The van der Waals surface area contributed by atoms with Crippen molar-refractivity contribution in [1.82, 2.24) is 9.80 Å². The molecule has 25 heavy (non-hydrogen) atoms. The van der Waals surface area contributed by atoms with Crippen LogP contribution in [0.4, 0.5) is 0 Å². The second kappa shape index (κ2) is 7.06. The molecule has 1 aromatic carbocycles. The number of carbonyl (C=O) groups excluding carboxylic acids is 3. The molecule has 0 spiro atoms. The second-order valence-electron chi connectivity index (χ2n) is 6.82. The van der Waals surface area contributed by atoms with Gasteiger partial charge in [-0.15, -0.1) is 0 Å². The quantitative estimate of drug-likeness (QED) is 0.782. The molecule has 3 rings (SSSR count). The van der Waals surface area contributed by atoms with Crippen LogP contribution < -0.4 is 0 Å². The van der Waals surface area contributed by atoms with Crippen molar-refractivity contribution in [1.29, 1.82) is 5.26 Å². The van der Waals surface area contributed by atoms with Crippen LogP contribution in [0.25, 0.3) is 0 Å². The summed E-state index contributed by atoms with van der Waals surface area (Å²) in [5.41, 5.74) is 1.37. The molecule has 1 aliphatic heterocycles. The fourth-order valence-corrected chi connectivity index (χ4v) is 3.74. The van der Waals surface area contributed by atoms with Crippen LogP contribution in [0.5, 0.6) is 0 Å². The Labute approximate surface area is 147 Å². The van der Waals surface area contributed by atoms with Crippen LogP contribution in [0.1, 0.15) is 36.8 Å². The maximum Gasteiger partial charge on any atom is 0.242 e. The second-order valence-corrected chi connectivity index (χ2v) is 6.82. The first-order valence-corrected chi connectivity index (χ1v) is 8.59. The summed E-state index contributed by atoms with van der Waals surface area (Å²) in [5, 5.41) is 8.94.